The van der Waals surface area contributed by atoms with Crippen molar-refractivity contribution in [1.82, 2.24) is 0 Å². The summed E-state index contributed by atoms with van der Waals surface area (Å²) in [7, 11) is 1.29. The predicted octanol–water partition coefficient (Wildman–Crippen LogP) is 2.21. The molecule has 0 aromatic heterocycles. The summed E-state index contributed by atoms with van der Waals surface area (Å²) in [5.41, 5.74) is 2.69. The molecule has 110 valence electrons. The number of nitrogens with one attached hydrogen (secondary N) is 1. The van der Waals surface area contributed by atoms with Gasteiger partial charge in [0.15, 0.2) is 0 Å². The van der Waals surface area contributed by atoms with E-state index in [0.717, 1.165) is 16.8 Å². The first-order chi connectivity index (χ1) is 9.49. The van der Waals surface area contributed by atoms with Gasteiger partial charge in [-0.05, 0) is 31.9 Å². The van der Waals surface area contributed by atoms with Gasteiger partial charge >= 0.3 is 5.97 Å². The van der Waals surface area contributed by atoms with Crippen molar-refractivity contribution in [1.29, 1.82) is 0 Å². The minimum absolute atomic E-state index is 0.0961. The second-order valence-corrected chi connectivity index (χ2v) is 4.48. The fraction of sp³-hybridized carbons (Fsp3) is 0.467. The van der Waals surface area contributed by atoms with E-state index >= 15 is 0 Å². The van der Waals surface area contributed by atoms with E-state index in [4.69, 9.17) is 4.74 Å². The van der Waals surface area contributed by atoms with Gasteiger partial charge in [-0.3, -0.25) is 9.59 Å². The lowest BCUT2D eigenvalue weighted by Crippen LogP contribution is -2.33. The van der Waals surface area contributed by atoms with Crippen molar-refractivity contribution in [3.63, 3.8) is 0 Å². The van der Waals surface area contributed by atoms with E-state index in [1.165, 1.54) is 7.11 Å². The summed E-state index contributed by atoms with van der Waals surface area (Å²) in [6.45, 7) is 5.95. The van der Waals surface area contributed by atoms with E-state index < -0.39 is 12.1 Å². The standard InChI is InChI=1S/C15H21NO4/c1-5-20-12(9-13(17)19-4)15(18)16-14-10(2)7-6-8-11(14)3/h6-8,12H,5,9H2,1-4H3,(H,16,18). The third-order valence-electron chi connectivity index (χ3n) is 2.97. The lowest BCUT2D eigenvalue weighted by molar-refractivity contribution is -0.147. The largest absolute Gasteiger partial charge is 0.469 e. The topological polar surface area (TPSA) is 64.6 Å². The van der Waals surface area contributed by atoms with Gasteiger partial charge in [-0.2, -0.15) is 0 Å². The summed E-state index contributed by atoms with van der Waals surface area (Å²) in [6.07, 6.45) is -0.937. The average molecular weight is 279 g/mol. The Balaban J connectivity index is 2.82. The molecule has 5 nitrogen and oxygen atoms in total. The Bertz CT molecular complexity index is 465. The van der Waals surface area contributed by atoms with Crippen LogP contribution in [0.5, 0.6) is 0 Å². The zero-order chi connectivity index (χ0) is 15.1. The van der Waals surface area contributed by atoms with Crippen LogP contribution in [0.15, 0.2) is 18.2 Å². The molecule has 20 heavy (non-hydrogen) atoms. The third-order valence-corrected chi connectivity index (χ3v) is 2.97. The summed E-state index contributed by atoms with van der Waals surface area (Å²) in [5.74, 6) is -0.810. The number of carbonyl (C=O) groups excluding carboxylic acids is 2. The number of rotatable bonds is 6. The van der Waals surface area contributed by atoms with Crippen LogP contribution in [0.4, 0.5) is 5.69 Å². The number of esters is 1. The molecule has 0 saturated heterocycles. The van der Waals surface area contributed by atoms with Crippen molar-refractivity contribution >= 4 is 17.6 Å². The molecule has 1 aromatic carbocycles. The molecule has 0 radical (unpaired) electrons. The van der Waals surface area contributed by atoms with Gasteiger partial charge in [-0.1, -0.05) is 18.2 Å². The minimum atomic E-state index is -0.841. The first-order valence-corrected chi connectivity index (χ1v) is 6.55. The van der Waals surface area contributed by atoms with Crippen LogP contribution >= 0.6 is 0 Å². The molecule has 0 aliphatic carbocycles. The van der Waals surface area contributed by atoms with E-state index in [0.29, 0.717) is 6.61 Å². The fourth-order valence-electron chi connectivity index (χ4n) is 1.88. The molecule has 5 heteroatoms. The van der Waals surface area contributed by atoms with E-state index in [2.05, 4.69) is 10.1 Å². The smallest absolute Gasteiger partial charge is 0.308 e. The third kappa shape index (κ3) is 4.35. The number of aryl methyl sites for hydroxylation is 2. The van der Waals surface area contributed by atoms with Gasteiger partial charge in [0.2, 0.25) is 0 Å². The lowest BCUT2D eigenvalue weighted by atomic mass is 10.1. The zero-order valence-electron chi connectivity index (χ0n) is 12.4. The fourth-order valence-corrected chi connectivity index (χ4v) is 1.88. The predicted molar refractivity (Wildman–Crippen MR) is 76.6 cm³/mol. The Labute approximate surface area is 119 Å². The molecule has 0 fully saturated rings. The number of hydrogen-bond donors (Lipinski definition) is 1. The number of ether oxygens (including phenoxy) is 2. The highest BCUT2D eigenvalue weighted by molar-refractivity contribution is 5.97. The van der Waals surface area contributed by atoms with E-state index in [1.807, 2.05) is 32.0 Å². The van der Waals surface area contributed by atoms with E-state index in [1.54, 1.807) is 6.92 Å². The van der Waals surface area contributed by atoms with Gasteiger partial charge in [0, 0.05) is 12.3 Å². The molecule has 0 aliphatic rings. The Kier molecular flexibility index (Phi) is 6.18. The quantitative estimate of drug-likeness (QED) is 0.811. The van der Waals surface area contributed by atoms with Crippen molar-refractivity contribution in [2.45, 2.75) is 33.3 Å². The van der Waals surface area contributed by atoms with Gasteiger partial charge in [-0.15, -0.1) is 0 Å². The Morgan fingerprint density at radius 3 is 2.35 bits per heavy atom. The number of para-hydroxylation sites is 1. The maximum atomic E-state index is 12.2. The minimum Gasteiger partial charge on any atom is -0.469 e. The molecule has 0 spiro atoms. The molecule has 0 bridgehead atoms. The number of anilines is 1. The van der Waals surface area contributed by atoms with E-state index in [9.17, 15) is 9.59 Å². The van der Waals surface area contributed by atoms with Gasteiger partial charge in [-0.25, -0.2) is 0 Å². The maximum absolute atomic E-state index is 12.2. The molecule has 1 rings (SSSR count). The average Bonchev–Trinajstić information content (AvgIpc) is 2.42. The van der Waals surface area contributed by atoms with Crippen molar-refractivity contribution in [3.05, 3.63) is 29.3 Å². The maximum Gasteiger partial charge on any atom is 0.308 e. The number of amides is 1. The van der Waals surface area contributed by atoms with Gasteiger partial charge in [0.1, 0.15) is 6.10 Å². The van der Waals surface area contributed by atoms with E-state index in [-0.39, 0.29) is 12.3 Å². The highest BCUT2D eigenvalue weighted by Crippen LogP contribution is 2.20. The molecule has 0 saturated carbocycles. The van der Waals surface area contributed by atoms with Gasteiger partial charge < -0.3 is 14.8 Å². The van der Waals surface area contributed by atoms with Crippen LogP contribution in [-0.4, -0.2) is 31.7 Å². The molecule has 1 N–H and O–H groups in total. The van der Waals surface area contributed by atoms with Gasteiger partial charge in [0.05, 0.1) is 13.5 Å². The molecule has 1 unspecified atom stereocenters. The summed E-state index contributed by atoms with van der Waals surface area (Å²) in [4.78, 5) is 23.5. The van der Waals surface area contributed by atoms with Crippen LogP contribution in [0.25, 0.3) is 0 Å². The number of hydrogen-bond acceptors (Lipinski definition) is 4. The lowest BCUT2D eigenvalue weighted by Gasteiger charge is -2.18. The normalized spacial score (nSPS) is 11.8. The van der Waals surface area contributed by atoms with Crippen molar-refractivity contribution in [3.8, 4) is 0 Å². The zero-order valence-corrected chi connectivity index (χ0v) is 12.4. The summed E-state index contributed by atoms with van der Waals surface area (Å²) in [5, 5.41) is 2.82. The first kappa shape index (κ1) is 16.2. The molecule has 0 heterocycles. The SMILES string of the molecule is CCOC(CC(=O)OC)C(=O)Nc1c(C)cccc1C. The molecular formula is C15H21NO4. The summed E-state index contributed by atoms with van der Waals surface area (Å²) in [6, 6.07) is 5.76. The summed E-state index contributed by atoms with van der Waals surface area (Å²) >= 11 is 0. The monoisotopic (exact) mass is 279 g/mol. The second-order valence-electron chi connectivity index (χ2n) is 4.48. The molecular weight excluding hydrogens is 258 g/mol. The van der Waals surface area contributed by atoms with Crippen molar-refractivity contribution in [2.24, 2.45) is 0 Å². The van der Waals surface area contributed by atoms with Crippen LogP contribution in [0, 0.1) is 13.8 Å². The van der Waals surface area contributed by atoms with Crippen molar-refractivity contribution < 1.29 is 19.1 Å². The summed E-state index contributed by atoms with van der Waals surface area (Å²) < 4.78 is 9.89. The number of methoxy groups -OCH3 is 1. The Hall–Kier alpha value is -1.88. The van der Waals surface area contributed by atoms with Crippen LogP contribution < -0.4 is 5.32 Å². The van der Waals surface area contributed by atoms with Crippen molar-refractivity contribution in [2.75, 3.05) is 19.0 Å². The number of benzene rings is 1. The highest BCUT2D eigenvalue weighted by Gasteiger charge is 2.23. The Morgan fingerprint density at radius 2 is 1.85 bits per heavy atom. The van der Waals surface area contributed by atoms with Crippen LogP contribution in [0.1, 0.15) is 24.5 Å². The molecule has 1 amide bonds. The molecule has 1 aromatic rings. The van der Waals surface area contributed by atoms with Crippen LogP contribution in [0.2, 0.25) is 0 Å². The molecule has 1 atom stereocenters. The van der Waals surface area contributed by atoms with Crippen LogP contribution in [-0.2, 0) is 19.1 Å². The highest BCUT2D eigenvalue weighted by atomic mass is 16.5. The van der Waals surface area contributed by atoms with Crippen LogP contribution in [0.3, 0.4) is 0 Å². The Morgan fingerprint density at radius 1 is 1.25 bits per heavy atom. The number of carbonyl (C=O) groups is 2. The second kappa shape index (κ2) is 7.65. The van der Waals surface area contributed by atoms with Gasteiger partial charge in [0.25, 0.3) is 5.91 Å². The first-order valence-electron chi connectivity index (χ1n) is 6.55. The molecule has 0 aliphatic heterocycles.